The maximum absolute atomic E-state index is 12.8. The van der Waals surface area contributed by atoms with Crippen LogP contribution in [0.15, 0.2) is 36.4 Å². The van der Waals surface area contributed by atoms with Gasteiger partial charge in [-0.3, -0.25) is 19.5 Å². The predicted octanol–water partition coefficient (Wildman–Crippen LogP) is 5.18. The lowest BCUT2D eigenvalue weighted by Crippen LogP contribution is -2.17. The molecule has 0 aromatic heterocycles. The molecular weight excluding hydrogens is 494 g/mol. The Morgan fingerprint density at radius 3 is 2.45 bits per heavy atom. The predicted molar refractivity (Wildman–Crippen MR) is 111 cm³/mol. The molecule has 2 aromatic rings. The number of benzene rings is 2. The topological polar surface area (TPSA) is 125 Å². The Kier molecular flexibility index (Phi) is 8.70. The van der Waals surface area contributed by atoms with Crippen molar-refractivity contribution >= 4 is 35.9 Å². The van der Waals surface area contributed by atoms with Gasteiger partial charge in [-0.05, 0) is 31.5 Å². The van der Waals surface area contributed by atoms with Gasteiger partial charge in [-0.25, -0.2) is 0 Å². The molecule has 0 fully saturated rings. The molecule has 180 valence electrons. The molecule has 0 saturated heterocycles. The van der Waals surface area contributed by atoms with Gasteiger partial charge < -0.3 is 19.1 Å². The summed E-state index contributed by atoms with van der Waals surface area (Å²) < 4.78 is 63.7. The van der Waals surface area contributed by atoms with E-state index >= 15 is 0 Å². The lowest BCUT2D eigenvalue weighted by molar-refractivity contribution is -0.383. The van der Waals surface area contributed by atoms with Crippen molar-refractivity contribution in [3.05, 3.63) is 51.5 Å². The number of rotatable bonds is 10. The first-order valence-electron chi connectivity index (χ1n) is 9.32. The van der Waals surface area contributed by atoms with E-state index < -0.39 is 47.5 Å². The van der Waals surface area contributed by atoms with E-state index in [1.54, 1.807) is 6.92 Å². The van der Waals surface area contributed by atoms with Crippen molar-refractivity contribution in [3.63, 3.8) is 0 Å². The lowest BCUT2D eigenvalue weighted by Gasteiger charge is -2.15. The molecule has 0 bridgehead atoms. The summed E-state index contributed by atoms with van der Waals surface area (Å²) in [6, 6.07) is 5.92. The van der Waals surface area contributed by atoms with E-state index in [1.807, 2.05) is 0 Å². The van der Waals surface area contributed by atoms with Crippen LogP contribution in [0.1, 0.15) is 19.8 Å². The van der Waals surface area contributed by atoms with Gasteiger partial charge in [0.2, 0.25) is 7.37 Å². The first-order valence-corrected chi connectivity index (χ1v) is 11.5. The van der Waals surface area contributed by atoms with Crippen LogP contribution in [0.5, 0.6) is 17.2 Å². The lowest BCUT2D eigenvalue weighted by atomic mass is 10.3. The van der Waals surface area contributed by atoms with E-state index in [2.05, 4.69) is 4.74 Å². The van der Waals surface area contributed by atoms with E-state index in [0.717, 1.165) is 36.4 Å². The minimum Gasteiger partial charge on any atom is -0.466 e. The van der Waals surface area contributed by atoms with Crippen molar-refractivity contribution in [1.29, 1.82) is 0 Å². The third kappa shape index (κ3) is 7.92. The molecule has 14 heteroatoms. The zero-order valence-electron chi connectivity index (χ0n) is 17.0. The van der Waals surface area contributed by atoms with Crippen LogP contribution in [-0.2, 0) is 14.1 Å². The van der Waals surface area contributed by atoms with Crippen molar-refractivity contribution in [2.75, 3.05) is 12.8 Å². The van der Waals surface area contributed by atoms with Gasteiger partial charge in [0.15, 0.2) is 0 Å². The monoisotopic (exact) mass is 511 g/mol. The van der Waals surface area contributed by atoms with Crippen LogP contribution in [0, 0.1) is 10.1 Å². The molecule has 9 nitrogen and oxygen atoms in total. The Morgan fingerprint density at radius 1 is 1.21 bits per heavy atom. The Bertz CT molecular complexity index is 1080. The number of esters is 1. The first kappa shape index (κ1) is 26.4. The second-order valence-electron chi connectivity index (χ2n) is 6.48. The van der Waals surface area contributed by atoms with E-state index in [4.69, 9.17) is 21.1 Å². The fraction of sp³-hybridized carbons (Fsp3) is 0.316. The third-order valence-electron chi connectivity index (χ3n) is 4.03. The molecule has 2 aromatic carbocycles. The van der Waals surface area contributed by atoms with Crippen LogP contribution in [0.25, 0.3) is 0 Å². The molecule has 1 atom stereocenters. The van der Waals surface area contributed by atoms with Crippen LogP contribution in [0.3, 0.4) is 0 Å². The fourth-order valence-electron chi connectivity index (χ4n) is 2.68. The largest absolute Gasteiger partial charge is 0.573 e. The van der Waals surface area contributed by atoms with Crippen LogP contribution in [0.4, 0.5) is 18.9 Å². The maximum atomic E-state index is 12.8. The number of halogens is 4. The van der Waals surface area contributed by atoms with Gasteiger partial charge in [0.1, 0.15) is 22.6 Å². The van der Waals surface area contributed by atoms with Gasteiger partial charge in [0, 0.05) is 30.8 Å². The molecule has 2 rings (SSSR count). The number of carbonyl (C=O) groups excluding carboxylic acids is 1. The van der Waals surface area contributed by atoms with Crippen molar-refractivity contribution < 1.29 is 46.6 Å². The average Bonchev–Trinajstić information content (AvgIpc) is 2.68. The Morgan fingerprint density at radius 2 is 1.88 bits per heavy atom. The van der Waals surface area contributed by atoms with Crippen LogP contribution < -0.4 is 14.8 Å². The van der Waals surface area contributed by atoms with Crippen LogP contribution in [0.2, 0.25) is 5.02 Å². The SMILES string of the molecule is CCOC(=O)CCCP(=O)(O)c1cc(Oc2ccc(OC(F)(F)F)cc2Cl)ccc1[N+](=O)[O-]. The zero-order valence-corrected chi connectivity index (χ0v) is 18.7. The fourth-order valence-corrected chi connectivity index (χ4v) is 4.56. The van der Waals surface area contributed by atoms with E-state index in [-0.39, 0.29) is 36.0 Å². The van der Waals surface area contributed by atoms with Crippen LogP contribution >= 0.6 is 19.0 Å². The second kappa shape index (κ2) is 10.9. The molecular formula is C19H18ClF3NO8P. The molecule has 0 aliphatic heterocycles. The second-order valence-corrected chi connectivity index (χ2v) is 9.22. The quantitative estimate of drug-likeness (QED) is 0.200. The number of hydrogen-bond acceptors (Lipinski definition) is 7. The molecule has 0 amide bonds. The molecule has 0 aliphatic rings. The van der Waals surface area contributed by atoms with Gasteiger partial charge >= 0.3 is 12.3 Å². The minimum atomic E-state index is -4.92. The Hall–Kier alpha value is -2.82. The first-order chi connectivity index (χ1) is 15.3. The van der Waals surface area contributed by atoms with Crippen molar-refractivity contribution in [3.8, 4) is 17.2 Å². The van der Waals surface area contributed by atoms with Crippen molar-refractivity contribution in [2.45, 2.75) is 26.1 Å². The number of alkyl halides is 3. The highest BCUT2D eigenvalue weighted by Crippen LogP contribution is 2.45. The summed E-state index contributed by atoms with van der Waals surface area (Å²) in [5, 5.41) is 10.6. The average molecular weight is 512 g/mol. The van der Waals surface area contributed by atoms with Gasteiger partial charge in [0.25, 0.3) is 5.69 Å². The maximum Gasteiger partial charge on any atom is 0.573 e. The number of nitrogens with zero attached hydrogens (tertiary/aromatic N) is 1. The highest BCUT2D eigenvalue weighted by molar-refractivity contribution is 7.66. The van der Waals surface area contributed by atoms with Crippen LogP contribution in [-0.4, -0.2) is 34.9 Å². The summed E-state index contributed by atoms with van der Waals surface area (Å²) in [5.41, 5.74) is -0.635. The summed E-state index contributed by atoms with van der Waals surface area (Å²) in [6.07, 6.45) is -5.56. The molecule has 0 saturated carbocycles. The molecule has 0 heterocycles. The van der Waals surface area contributed by atoms with Gasteiger partial charge in [-0.1, -0.05) is 11.6 Å². The Balaban J connectivity index is 2.27. The Labute approximate surface area is 190 Å². The van der Waals surface area contributed by atoms with Crippen molar-refractivity contribution in [2.24, 2.45) is 0 Å². The zero-order chi connectivity index (χ0) is 24.8. The molecule has 0 radical (unpaired) electrons. The van der Waals surface area contributed by atoms with Gasteiger partial charge in [-0.15, -0.1) is 13.2 Å². The molecule has 0 spiro atoms. The third-order valence-corrected chi connectivity index (χ3v) is 6.36. The molecule has 33 heavy (non-hydrogen) atoms. The summed E-state index contributed by atoms with van der Waals surface area (Å²) >= 11 is 5.91. The molecule has 1 unspecified atom stereocenters. The molecule has 1 N–H and O–H groups in total. The summed E-state index contributed by atoms with van der Waals surface area (Å²) in [7, 11) is -4.29. The summed E-state index contributed by atoms with van der Waals surface area (Å²) in [6.45, 7) is 1.75. The number of hydrogen-bond donors (Lipinski definition) is 1. The normalized spacial score (nSPS) is 13.2. The highest BCUT2D eigenvalue weighted by atomic mass is 35.5. The number of nitro groups is 1. The van der Waals surface area contributed by atoms with Gasteiger partial charge in [0.05, 0.1) is 16.6 Å². The van der Waals surface area contributed by atoms with E-state index in [1.165, 1.54) is 0 Å². The highest BCUT2D eigenvalue weighted by Gasteiger charge is 2.32. The van der Waals surface area contributed by atoms with E-state index in [9.17, 15) is 37.5 Å². The number of ether oxygens (including phenoxy) is 3. The number of nitro benzene ring substituents is 1. The van der Waals surface area contributed by atoms with Crippen molar-refractivity contribution in [1.82, 2.24) is 0 Å². The minimum absolute atomic E-state index is 0.0542. The van der Waals surface area contributed by atoms with Gasteiger partial charge in [-0.2, -0.15) is 0 Å². The smallest absolute Gasteiger partial charge is 0.466 e. The summed E-state index contributed by atoms with van der Waals surface area (Å²) in [5.74, 6) is -1.41. The standard InChI is InChI=1S/C19H18ClF3NO8P/c1-2-30-18(25)4-3-9-33(28,29)17-11-12(5-7-15(17)24(26)27)31-16-8-6-13(10-14(16)20)32-19(21,22)23/h5-8,10-11H,2-4,9H2,1H3,(H,28,29). The summed E-state index contributed by atoms with van der Waals surface area (Å²) in [4.78, 5) is 32.4. The molecule has 0 aliphatic carbocycles. The van der Waals surface area contributed by atoms with E-state index in [0.29, 0.717) is 0 Å². The number of carbonyl (C=O) groups is 1.